The SMILES string of the molecule is C=C(F)/C=c1/[nH]c(-c2ccc(-c3ccc(C4CCC(CC(=O)O)CC4)cc3)nc2)n/c1=C/C. The quantitative estimate of drug-likeness (QED) is 0.563. The van der Waals surface area contributed by atoms with Gasteiger partial charge in [-0.3, -0.25) is 9.78 Å². The van der Waals surface area contributed by atoms with Crippen molar-refractivity contribution in [3.63, 3.8) is 0 Å². The summed E-state index contributed by atoms with van der Waals surface area (Å²) in [4.78, 5) is 23.2. The Bertz CT molecular complexity index is 1250. The lowest BCUT2D eigenvalue weighted by molar-refractivity contribution is -0.138. The zero-order valence-electron chi connectivity index (χ0n) is 18.7. The Labute approximate surface area is 192 Å². The van der Waals surface area contributed by atoms with Crippen molar-refractivity contribution in [1.82, 2.24) is 15.0 Å². The molecule has 1 aromatic carbocycles. The summed E-state index contributed by atoms with van der Waals surface area (Å²) >= 11 is 0. The number of carboxylic acid groups (broad SMARTS) is 1. The van der Waals surface area contributed by atoms with Crippen LogP contribution in [0.4, 0.5) is 4.39 Å². The fourth-order valence-electron chi connectivity index (χ4n) is 4.60. The van der Waals surface area contributed by atoms with E-state index in [-0.39, 0.29) is 6.42 Å². The van der Waals surface area contributed by atoms with E-state index in [1.54, 1.807) is 6.20 Å². The van der Waals surface area contributed by atoms with Crippen LogP contribution in [-0.4, -0.2) is 26.0 Å². The van der Waals surface area contributed by atoms with E-state index in [0.717, 1.165) is 42.5 Å². The van der Waals surface area contributed by atoms with E-state index in [1.807, 2.05) is 25.1 Å². The summed E-state index contributed by atoms with van der Waals surface area (Å²) in [5.74, 6) is 0.212. The normalized spacial score (nSPS) is 19.6. The Hall–Kier alpha value is -3.54. The lowest BCUT2D eigenvalue weighted by Crippen LogP contribution is -2.23. The Kier molecular flexibility index (Phi) is 6.82. The molecule has 2 heterocycles. The summed E-state index contributed by atoms with van der Waals surface area (Å²) in [5, 5.41) is 10.2. The molecule has 2 N–H and O–H groups in total. The topological polar surface area (TPSA) is 78.9 Å². The summed E-state index contributed by atoms with van der Waals surface area (Å²) in [6.45, 7) is 5.14. The van der Waals surface area contributed by atoms with Crippen LogP contribution in [0, 0.1) is 5.92 Å². The summed E-state index contributed by atoms with van der Waals surface area (Å²) < 4.78 is 13.2. The number of aliphatic carboxylic acids is 1. The summed E-state index contributed by atoms with van der Waals surface area (Å²) in [7, 11) is 0. The second-order valence-electron chi connectivity index (χ2n) is 8.63. The number of carbonyl (C=O) groups is 1. The van der Waals surface area contributed by atoms with Crippen molar-refractivity contribution in [2.45, 2.75) is 44.9 Å². The molecule has 1 saturated carbocycles. The van der Waals surface area contributed by atoms with Gasteiger partial charge in [0.15, 0.2) is 0 Å². The van der Waals surface area contributed by atoms with E-state index in [9.17, 15) is 9.18 Å². The number of allylic oxidation sites excluding steroid dienone is 1. The molecule has 3 aromatic rings. The van der Waals surface area contributed by atoms with Gasteiger partial charge in [-0.15, -0.1) is 0 Å². The maximum absolute atomic E-state index is 13.2. The number of hydrogen-bond acceptors (Lipinski definition) is 3. The number of pyridine rings is 1. The first-order valence-electron chi connectivity index (χ1n) is 11.3. The van der Waals surface area contributed by atoms with E-state index in [1.165, 1.54) is 11.6 Å². The van der Waals surface area contributed by atoms with E-state index in [2.05, 4.69) is 45.8 Å². The van der Waals surface area contributed by atoms with E-state index < -0.39 is 11.8 Å². The van der Waals surface area contributed by atoms with Crippen LogP contribution in [0.3, 0.4) is 0 Å². The van der Waals surface area contributed by atoms with E-state index in [0.29, 0.717) is 28.4 Å². The molecule has 0 unspecified atom stereocenters. The Morgan fingerprint density at radius 1 is 1.15 bits per heavy atom. The van der Waals surface area contributed by atoms with Crippen molar-refractivity contribution in [3.05, 3.63) is 71.3 Å². The van der Waals surface area contributed by atoms with Gasteiger partial charge in [0.2, 0.25) is 0 Å². The number of nitrogens with zero attached hydrogens (tertiary/aromatic N) is 2. The van der Waals surface area contributed by atoms with Crippen LogP contribution in [-0.2, 0) is 4.79 Å². The molecule has 1 aliphatic carbocycles. The molecule has 0 saturated heterocycles. The highest BCUT2D eigenvalue weighted by atomic mass is 19.1. The predicted molar refractivity (Wildman–Crippen MR) is 128 cm³/mol. The van der Waals surface area contributed by atoms with Gasteiger partial charge in [0.05, 0.1) is 16.4 Å². The van der Waals surface area contributed by atoms with Crippen molar-refractivity contribution < 1.29 is 14.3 Å². The lowest BCUT2D eigenvalue weighted by atomic mass is 9.77. The number of halogens is 1. The fourth-order valence-corrected chi connectivity index (χ4v) is 4.60. The van der Waals surface area contributed by atoms with Gasteiger partial charge in [-0.25, -0.2) is 9.37 Å². The molecule has 0 radical (unpaired) electrons. The predicted octanol–water partition coefficient (Wildman–Crippen LogP) is 4.95. The van der Waals surface area contributed by atoms with Crippen LogP contribution < -0.4 is 10.7 Å². The zero-order chi connectivity index (χ0) is 23.4. The summed E-state index contributed by atoms with van der Waals surface area (Å²) in [6.07, 6.45) is 9.23. The first kappa shape index (κ1) is 22.6. The van der Waals surface area contributed by atoms with Crippen LogP contribution in [0.25, 0.3) is 34.8 Å². The molecular formula is C27H28FN3O2. The number of hydrogen-bond donors (Lipinski definition) is 2. The van der Waals surface area contributed by atoms with Gasteiger partial charge >= 0.3 is 5.97 Å². The van der Waals surface area contributed by atoms with Gasteiger partial charge in [-0.1, -0.05) is 36.9 Å². The molecule has 1 fully saturated rings. The third kappa shape index (κ3) is 5.45. The summed E-state index contributed by atoms with van der Waals surface area (Å²) in [6, 6.07) is 12.4. The molecule has 33 heavy (non-hydrogen) atoms. The van der Waals surface area contributed by atoms with Gasteiger partial charge in [-0.2, -0.15) is 0 Å². The van der Waals surface area contributed by atoms with Gasteiger partial charge in [-0.05, 0) is 68.2 Å². The molecule has 6 heteroatoms. The third-order valence-corrected chi connectivity index (χ3v) is 6.36. The summed E-state index contributed by atoms with van der Waals surface area (Å²) in [5.41, 5.74) is 4.03. The number of carboxylic acids is 1. The van der Waals surface area contributed by atoms with Crippen LogP contribution in [0.1, 0.15) is 50.5 Å². The van der Waals surface area contributed by atoms with Crippen LogP contribution >= 0.6 is 0 Å². The number of rotatable bonds is 6. The van der Waals surface area contributed by atoms with Crippen molar-refractivity contribution in [1.29, 1.82) is 0 Å². The number of benzene rings is 1. The first-order chi connectivity index (χ1) is 15.9. The van der Waals surface area contributed by atoms with Gasteiger partial charge in [0.25, 0.3) is 0 Å². The van der Waals surface area contributed by atoms with E-state index >= 15 is 0 Å². The third-order valence-electron chi connectivity index (χ3n) is 6.36. The number of aromatic amines is 1. The maximum atomic E-state index is 13.2. The second kappa shape index (κ2) is 9.94. The van der Waals surface area contributed by atoms with Gasteiger partial charge in [0, 0.05) is 23.7 Å². The highest BCUT2D eigenvalue weighted by Gasteiger charge is 2.24. The van der Waals surface area contributed by atoms with Crippen LogP contribution in [0.5, 0.6) is 0 Å². The highest BCUT2D eigenvalue weighted by Crippen LogP contribution is 2.37. The zero-order valence-corrected chi connectivity index (χ0v) is 18.7. The molecule has 2 aromatic heterocycles. The molecule has 0 aliphatic heterocycles. The Morgan fingerprint density at radius 3 is 2.42 bits per heavy atom. The lowest BCUT2D eigenvalue weighted by Gasteiger charge is -2.28. The van der Waals surface area contributed by atoms with Crippen molar-refractivity contribution in [3.8, 4) is 22.6 Å². The molecule has 0 amide bonds. The molecule has 0 atom stereocenters. The Balaban J connectivity index is 1.46. The van der Waals surface area contributed by atoms with Gasteiger partial charge in [0.1, 0.15) is 11.7 Å². The second-order valence-corrected chi connectivity index (χ2v) is 8.63. The fraction of sp³-hybridized carbons (Fsp3) is 0.296. The van der Waals surface area contributed by atoms with Crippen LogP contribution in [0.15, 0.2) is 55.0 Å². The molecule has 0 spiro atoms. The average molecular weight is 446 g/mol. The molecule has 0 bridgehead atoms. The number of imidazole rings is 1. The molecular weight excluding hydrogens is 417 g/mol. The number of aromatic nitrogens is 3. The standard InChI is InChI=1S/C27H28FN3O2/c1-3-23-25(14-17(2)28)31-27(30-23)22-12-13-24(29-16-22)21-10-8-20(9-11-21)19-6-4-18(5-7-19)15-26(32)33/h3,8-14,16,18-19H,2,4-7,15H2,1H3,(H,30,31)(H,32,33)/b23-3+,25-14+. The van der Waals surface area contributed by atoms with Gasteiger partial charge < -0.3 is 10.1 Å². The number of H-pyrrole nitrogens is 1. The maximum Gasteiger partial charge on any atom is 0.303 e. The number of nitrogens with one attached hydrogen (secondary N) is 1. The van der Waals surface area contributed by atoms with Crippen molar-refractivity contribution >= 4 is 18.1 Å². The molecule has 170 valence electrons. The Morgan fingerprint density at radius 2 is 1.85 bits per heavy atom. The minimum Gasteiger partial charge on any atom is -0.481 e. The molecule has 1 aliphatic rings. The largest absolute Gasteiger partial charge is 0.481 e. The van der Waals surface area contributed by atoms with E-state index in [4.69, 9.17) is 5.11 Å². The minimum atomic E-state index is -0.693. The minimum absolute atomic E-state index is 0.286. The van der Waals surface area contributed by atoms with Crippen molar-refractivity contribution in [2.24, 2.45) is 5.92 Å². The monoisotopic (exact) mass is 445 g/mol. The van der Waals surface area contributed by atoms with Crippen molar-refractivity contribution in [2.75, 3.05) is 0 Å². The molecule has 4 rings (SSSR count). The molecule has 5 nitrogen and oxygen atoms in total. The van der Waals surface area contributed by atoms with Crippen LogP contribution in [0.2, 0.25) is 0 Å². The average Bonchev–Trinajstić information content (AvgIpc) is 3.21. The smallest absolute Gasteiger partial charge is 0.303 e. The highest BCUT2D eigenvalue weighted by molar-refractivity contribution is 5.67. The first-order valence-corrected chi connectivity index (χ1v) is 11.3.